The Morgan fingerprint density at radius 2 is 1.75 bits per heavy atom. The van der Waals surface area contributed by atoms with Gasteiger partial charge in [0.2, 0.25) is 22.9 Å². The fourth-order valence-electron chi connectivity index (χ4n) is 5.60. The smallest absolute Gasteiger partial charge is 0.229 e. The highest BCUT2D eigenvalue weighted by Crippen LogP contribution is 2.40. The molecular formula is C28H26FN2O+. The van der Waals surface area contributed by atoms with Crippen molar-refractivity contribution < 1.29 is 13.4 Å². The van der Waals surface area contributed by atoms with E-state index in [1.165, 1.54) is 59.3 Å². The van der Waals surface area contributed by atoms with Gasteiger partial charge in [-0.1, -0.05) is 25.0 Å². The lowest BCUT2D eigenvalue weighted by Gasteiger charge is -2.14. The van der Waals surface area contributed by atoms with Crippen LogP contribution in [0.3, 0.4) is 0 Å². The van der Waals surface area contributed by atoms with Crippen LogP contribution in [0.5, 0.6) is 0 Å². The topological polar surface area (TPSA) is 29.9 Å². The highest BCUT2D eigenvalue weighted by atomic mass is 19.1. The average molecular weight is 426 g/mol. The molecule has 5 aromatic rings. The van der Waals surface area contributed by atoms with Crippen LogP contribution in [0, 0.1) is 19.8 Å². The van der Waals surface area contributed by atoms with Gasteiger partial charge in [-0.3, -0.25) is 0 Å². The molecule has 0 unspecified atom stereocenters. The molecule has 2 aromatic carbocycles. The first-order valence-corrected chi connectivity index (χ1v) is 11.4. The molecule has 1 aliphatic rings. The molecule has 3 nitrogen and oxygen atoms in total. The maximum atomic E-state index is 13.8. The third-order valence-corrected chi connectivity index (χ3v) is 7.41. The van der Waals surface area contributed by atoms with E-state index in [9.17, 15) is 4.39 Å². The highest BCUT2D eigenvalue weighted by Gasteiger charge is 2.26. The van der Waals surface area contributed by atoms with Gasteiger partial charge in [-0.05, 0) is 73.6 Å². The Labute approximate surface area is 186 Å². The van der Waals surface area contributed by atoms with Crippen LogP contribution in [0.1, 0.15) is 48.3 Å². The molecule has 0 amide bonds. The monoisotopic (exact) mass is 425 g/mol. The van der Waals surface area contributed by atoms with E-state index in [2.05, 4.69) is 66.8 Å². The van der Waals surface area contributed by atoms with Gasteiger partial charge in [-0.25, -0.2) is 0 Å². The number of aryl methyl sites for hydroxylation is 2. The molecule has 0 N–H and O–H groups in total. The number of benzene rings is 2. The second-order valence-corrected chi connectivity index (χ2v) is 9.20. The summed E-state index contributed by atoms with van der Waals surface area (Å²) in [5.74, 6) is 0.135. The summed E-state index contributed by atoms with van der Waals surface area (Å²) in [5.41, 5.74) is 8.29. The predicted octanol–water partition coefficient (Wildman–Crippen LogP) is 7.04. The van der Waals surface area contributed by atoms with Crippen LogP contribution < -0.4 is 4.57 Å². The SMILES string of the molecule is Cc1cc2c(oc3nc(F)ccc32)c(-c2ccc3c(C4CCCC4)cccc3[n+]2C)c1C. The second kappa shape index (κ2) is 7.13. The molecule has 0 radical (unpaired) electrons. The van der Waals surface area contributed by atoms with Crippen LogP contribution in [0.25, 0.3) is 44.2 Å². The number of aromatic nitrogens is 2. The van der Waals surface area contributed by atoms with Crippen molar-refractivity contribution in [3.8, 4) is 11.3 Å². The largest absolute Gasteiger partial charge is 0.437 e. The Hall–Kier alpha value is -3.27. The van der Waals surface area contributed by atoms with Crippen molar-refractivity contribution in [2.24, 2.45) is 7.05 Å². The lowest BCUT2D eigenvalue weighted by atomic mass is 9.92. The van der Waals surface area contributed by atoms with Crippen molar-refractivity contribution in [1.29, 1.82) is 0 Å². The highest BCUT2D eigenvalue weighted by molar-refractivity contribution is 6.09. The van der Waals surface area contributed by atoms with Gasteiger partial charge in [0, 0.05) is 28.3 Å². The minimum atomic E-state index is -0.526. The minimum absolute atomic E-state index is 0.346. The molecule has 160 valence electrons. The number of furan rings is 1. The van der Waals surface area contributed by atoms with Crippen molar-refractivity contribution in [3.63, 3.8) is 0 Å². The first kappa shape index (κ1) is 19.4. The molecular weight excluding hydrogens is 399 g/mol. The van der Waals surface area contributed by atoms with Gasteiger partial charge in [0.25, 0.3) is 0 Å². The van der Waals surface area contributed by atoms with E-state index < -0.39 is 5.95 Å². The van der Waals surface area contributed by atoms with E-state index in [1.54, 1.807) is 6.07 Å². The van der Waals surface area contributed by atoms with Gasteiger partial charge in [0.1, 0.15) is 7.05 Å². The summed E-state index contributed by atoms with van der Waals surface area (Å²) in [6, 6.07) is 16.5. The third-order valence-electron chi connectivity index (χ3n) is 7.41. The molecule has 3 aromatic heterocycles. The van der Waals surface area contributed by atoms with Crippen molar-refractivity contribution in [3.05, 3.63) is 71.2 Å². The quantitative estimate of drug-likeness (QED) is 0.224. The molecule has 1 aliphatic carbocycles. The summed E-state index contributed by atoms with van der Waals surface area (Å²) < 4.78 is 22.2. The van der Waals surface area contributed by atoms with Crippen LogP contribution in [-0.2, 0) is 7.05 Å². The number of halogens is 1. The summed E-state index contributed by atoms with van der Waals surface area (Å²) in [7, 11) is 2.13. The van der Waals surface area contributed by atoms with Crippen molar-refractivity contribution in [1.82, 2.24) is 4.98 Å². The first-order chi connectivity index (χ1) is 15.5. The lowest BCUT2D eigenvalue weighted by molar-refractivity contribution is -0.633. The standard InChI is InChI=1S/C28H26FN2O/c1-16-15-22-21-12-14-25(29)30-28(21)32-27(22)26(17(16)2)24-13-11-20-19(18-7-4-5-8-18)9-6-10-23(20)31(24)3/h6,9-15,18H,4-5,7-8H2,1-3H3/q+1. The number of nitrogens with zero attached hydrogens (tertiary/aromatic N) is 2. The number of pyridine rings is 2. The molecule has 3 heterocycles. The van der Waals surface area contributed by atoms with Gasteiger partial charge >= 0.3 is 0 Å². The molecule has 4 heteroatoms. The Bertz CT molecular complexity index is 1530. The summed E-state index contributed by atoms with van der Waals surface area (Å²) >= 11 is 0. The average Bonchev–Trinajstić information content (AvgIpc) is 3.43. The van der Waals surface area contributed by atoms with Gasteiger partial charge in [-0.15, -0.1) is 0 Å². The van der Waals surface area contributed by atoms with Crippen LogP contribution in [-0.4, -0.2) is 4.98 Å². The summed E-state index contributed by atoms with van der Waals surface area (Å²) in [5, 5.41) is 3.16. The third kappa shape index (κ3) is 2.78. The van der Waals surface area contributed by atoms with Gasteiger partial charge in [0.15, 0.2) is 5.58 Å². The van der Waals surface area contributed by atoms with E-state index in [1.807, 2.05) is 0 Å². The Balaban J connectivity index is 1.65. The lowest BCUT2D eigenvalue weighted by Crippen LogP contribution is -2.32. The van der Waals surface area contributed by atoms with Crippen LogP contribution in [0.15, 0.2) is 52.9 Å². The number of hydrogen-bond acceptors (Lipinski definition) is 2. The van der Waals surface area contributed by atoms with Crippen LogP contribution in [0.2, 0.25) is 0 Å². The zero-order valence-corrected chi connectivity index (χ0v) is 18.7. The first-order valence-electron chi connectivity index (χ1n) is 11.4. The summed E-state index contributed by atoms with van der Waals surface area (Å²) in [4.78, 5) is 3.99. The molecule has 6 rings (SSSR count). The molecule has 0 bridgehead atoms. The Morgan fingerprint density at radius 3 is 2.56 bits per heavy atom. The molecule has 0 saturated heterocycles. The van der Waals surface area contributed by atoms with Crippen LogP contribution >= 0.6 is 0 Å². The maximum Gasteiger partial charge on any atom is 0.229 e. The molecule has 1 fully saturated rings. The maximum absolute atomic E-state index is 13.8. The fraction of sp³-hybridized carbons (Fsp3) is 0.286. The Kier molecular flexibility index (Phi) is 4.32. The Morgan fingerprint density at radius 1 is 0.969 bits per heavy atom. The van der Waals surface area contributed by atoms with E-state index in [4.69, 9.17) is 4.42 Å². The normalized spacial score (nSPS) is 14.9. The number of fused-ring (bicyclic) bond motifs is 4. The van der Waals surface area contributed by atoms with Gasteiger partial charge in [-0.2, -0.15) is 13.9 Å². The van der Waals surface area contributed by atoms with Crippen LogP contribution in [0.4, 0.5) is 4.39 Å². The van der Waals surface area contributed by atoms with Crippen molar-refractivity contribution >= 4 is 33.0 Å². The second-order valence-electron chi connectivity index (χ2n) is 9.20. The molecule has 1 saturated carbocycles. The van der Waals surface area contributed by atoms with Crippen molar-refractivity contribution in [2.75, 3.05) is 0 Å². The minimum Gasteiger partial charge on any atom is -0.437 e. The molecule has 32 heavy (non-hydrogen) atoms. The predicted molar refractivity (Wildman–Crippen MR) is 126 cm³/mol. The summed E-state index contributed by atoms with van der Waals surface area (Å²) in [6.07, 6.45) is 5.22. The number of hydrogen-bond donors (Lipinski definition) is 0. The number of rotatable bonds is 2. The van der Waals surface area contributed by atoms with Gasteiger partial charge < -0.3 is 4.42 Å². The van der Waals surface area contributed by atoms with Gasteiger partial charge in [0.05, 0.1) is 5.56 Å². The van der Waals surface area contributed by atoms with E-state index >= 15 is 0 Å². The fourth-order valence-corrected chi connectivity index (χ4v) is 5.60. The van der Waals surface area contributed by atoms with E-state index in [0.717, 1.165) is 27.6 Å². The molecule has 0 aliphatic heterocycles. The van der Waals surface area contributed by atoms with Crippen molar-refractivity contribution in [2.45, 2.75) is 45.4 Å². The summed E-state index contributed by atoms with van der Waals surface area (Å²) in [6.45, 7) is 4.25. The zero-order chi connectivity index (χ0) is 22.0. The zero-order valence-electron chi connectivity index (χ0n) is 18.7. The molecule has 0 atom stereocenters. The van der Waals surface area contributed by atoms with E-state index in [-0.39, 0.29) is 0 Å². The van der Waals surface area contributed by atoms with E-state index in [0.29, 0.717) is 11.6 Å². The molecule has 0 spiro atoms.